The van der Waals surface area contributed by atoms with Gasteiger partial charge in [0.25, 0.3) is 0 Å². The van der Waals surface area contributed by atoms with E-state index >= 15 is 0 Å². The minimum atomic E-state index is -0.488. The molecule has 2 nitrogen and oxygen atoms in total. The van der Waals surface area contributed by atoms with Crippen molar-refractivity contribution in [2.75, 3.05) is 7.11 Å². The molecule has 1 saturated carbocycles. The van der Waals surface area contributed by atoms with E-state index in [0.29, 0.717) is 0 Å². The van der Waals surface area contributed by atoms with Crippen LogP contribution in [0.4, 0.5) is 0 Å². The zero-order chi connectivity index (χ0) is 11.6. The molecule has 0 N–H and O–H groups in total. The number of carbonyl (C=O) groups excluding carboxylic acids is 1. The Bertz CT molecular complexity index is 376. The molecule has 0 aliphatic heterocycles. The molecular formula is C12H13ClO2Se. The summed E-state index contributed by atoms with van der Waals surface area (Å²) in [5, 5.41) is -0.488. The topological polar surface area (TPSA) is 26.3 Å². The molecule has 1 aromatic rings. The van der Waals surface area contributed by atoms with Gasteiger partial charge >= 0.3 is 106 Å². The van der Waals surface area contributed by atoms with Crippen molar-refractivity contribution >= 4 is 37.0 Å². The van der Waals surface area contributed by atoms with E-state index in [-0.39, 0.29) is 25.2 Å². The molecule has 0 amide bonds. The van der Waals surface area contributed by atoms with Gasteiger partial charge in [0.15, 0.2) is 0 Å². The Labute approximate surface area is 106 Å². The number of alkyl halides is 1. The fourth-order valence-corrected chi connectivity index (χ4v) is 4.77. The molecule has 0 bridgehead atoms. The van der Waals surface area contributed by atoms with Gasteiger partial charge in [0.1, 0.15) is 0 Å². The summed E-state index contributed by atoms with van der Waals surface area (Å²) in [5.74, 6) is -0.294. The first-order valence-corrected chi connectivity index (χ1v) is 7.29. The molecule has 4 heteroatoms. The van der Waals surface area contributed by atoms with E-state index in [1.807, 2.05) is 18.2 Å². The Morgan fingerprint density at radius 1 is 1.44 bits per heavy atom. The normalized spacial score (nSPS) is 18.9. The summed E-state index contributed by atoms with van der Waals surface area (Å²) >= 11 is 6.42. The van der Waals surface area contributed by atoms with Crippen molar-refractivity contribution < 1.29 is 9.53 Å². The van der Waals surface area contributed by atoms with E-state index in [4.69, 9.17) is 16.3 Å². The van der Waals surface area contributed by atoms with Crippen LogP contribution in [-0.4, -0.2) is 33.4 Å². The van der Waals surface area contributed by atoms with Crippen LogP contribution in [0.2, 0.25) is 4.31 Å². The van der Waals surface area contributed by atoms with Gasteiger partial charge in [-0.3, -0.25) is 0 Å². The van der Waals surface area contributed by atoms with Crippen molar-refractivity contribution in [1.29, 1.82) is 0 Å². The predicted octanol–water partition coefficient (Wildman–Crippen LogP) is 1.75. The van der Waals surface area contributed by atoms with E-state index < -0.39 is 5.38 Å². The molecule has 86 valence electrons. The van der Waals surface area contributed by atoms with Crippen LogP contribution in [0.15, 0.2) is 30.3 Å². The van der Waals surface area contributed by atoms with Crippen molar-refractivity contribution in [2.45, 2.75) is 22.5 Å². The summed E-state index contributed by atoms with van der Waals surface area (Å²) in [4.78, 5) is 11.4. The van der Waals surface area contributed by atoms with E-state index in [2.05, 4.69) is 12.1 Å². The Morgan fingerprint density at radius 3 is 2.56 bits per heavy atom. The average molecular weight is 304 g/mol. The third-order valence-corrected chi connectivity index (χ3v) is 6.84. The van der Waals surface area contributed by atoms with Gasteiger partial charge in [-0.15, -0.1) is 0 Å². The van der Waals surface area contributed by atoms with Gasteiger partial charge in [0.2, 0.25) is 0 Å². The van der Waals surface area contributed by atoms with E-state index in [1.54, 1.807) is 0 Å². The molecule has 0 spiro atoms. The van der Waals surface area contributed by atoms with Gasteiger partial charge in [-0.2, -0.15) is 0 Å². The second-order valence-electron chi connectivity index (χ2n) is 3.87. The zero-order valence-electron chi connectivity index (χ0n) is 8.98. The standard InChI is InChI=1S/C12H13ClO2Se/c1-15-11(14)10(13)12(7-8-12)16-9-5-3-2-4-6-9/h2-6,10H,7-8H2,1H3. The van der Waals surface area contributed by atoms with Crippen molar-refractivity contribution in [3.8, 4) is 0 Å². The summed E-state index contributed by atoms with van der Waals surface area (Å²) in [5.41, 5.74) is 0. The molecule has 1 fully saturated rings. The van der Waals surface area contributed by atoms with Crippen LogP contribution in [0, 0.1) is 0 Å². The number of carbonyl (C=O) groups is 1. The third-order valence-electron chi connectivity index (χ3n) is 2.68. The molecule has 1 aromatic carbocycles. The minimum absolute atomic E-state index is 0.0109. The number of hydrogen-bond acceptors (Lipinski definition) is 2. The molecule has 0 aromatic heterocycles. The van der Waals surface area contributed by atoms with Crippen LogP contribution in [0.5, 0.6) is 0 Å². The molecule has 0 saturated heterocycles. The number of halogens is 1. The fraction of sp³-hybridized carbons (Fsp3) is 0.417. The average Bonchev–Trinajstić information content (AvgIpc) is 3.09. The monoisotopic (exact) mass is 304 g/mol. The third kappa shape index (κ3) is 2.42. The van der Waals surface area contributed by atoms with Gasteiger partial charge in [-0.05, 0) is 0 Å². The van der Waals surface area contributed by atoms with Crippen LogP contribution >= 0.6 is 11.6 Å². The van der Waals surface area contributed by atoms with E-state index in [1.165, 1.54) is 11.6 Å². The van der Waals surface area contributed by atoms with Crippen molar-refractivity contribution in [3.63, 3.8) is 0 Å². The van der Waals surface area contributed by atoms with Gasteiger partial charge in [0, 0.05) is 0 Å². The molecule has 0 heterocycles. The Hall–Kier alpha value is -0.501. The van der Waals surface area contributed by atoms with Crippen molar-refractivity contribution in [2.24, 2.45) is 0 Å². The van der Waals surface area contributed by atoms with Gasteiger partial charge < -0.3 is 0 Å². The number of esters is 1. The van der Waals surface area contributed by atoms with Crippen LogP contribution in [0.3, 0.4) is 0 Å². The van der Waals surface area contributed by atoms with Crippen LogP contribution in [0.25, 0.3) is 0 Å². The van der Waals surface area contributed by atoms with Crippen molar-refractivity contribution in [3.05, 3.63) is 30.3 Å². The summed E-state index contributed by atoms with van der Waals surface area (Å²) in [6, 6.07) is 10.2. The van der Waals surface area contributed by atoms with Crippen LogP contribution < -0.4 is 4.46 Å². The van der Waals surface area contributed by atoms with Crippen molar-refractivity contribution in [1.82, 2.24) is 0 Å². The summed E-state index contributed by atoms with van der Waals surface area (Å²) in [6.07, 6.45) is 2.07. The molecule has 1 aliphatic carbocycles. The van der Waals surface area contributed by atoms with E-state index in [9.17, 15) is 4.79 Å². The quantitative estimate of drug-likeness (QED) is 0.481. The second-order valence-corrected chi connectivity index (χ2v) is 7.43. The number of hydrogen-bond donors (Lipinski definition) is 0. The molecule has 16 heavy (non-hydrogen) atoms. The second kappa shape index (κ2) is 4.78. The SMILES string of the molecule is COC(=O)C(Cl)C1([Se]c2ccccc2)CC1. The van der Waals surface area contributed by atoms with Crippen LogP contribution in [-0.2, 0) is 9.53 Å². The first-order chi connectivity index (χ1) is 7.68. The number of ether oxygens (including phenoxy) is 1. The Balaban J connectivity index is 2.07. The van der Waals surface area contributed by atoms with Gasteiger partial charge in [-0.1, -0.05) is 0 Å². The summed E-state index contributed by atoms with van der Waals surface area (Å²) in [6.45, 7) is 0. The molecule has 1 unspecified atom stereocenters. The summed E-state index contributed by atoms with van der Waals surface area (Å²) < 4.78 is 6.00. The Kier molecular flexibility index (Phi) is 3.58. The maximum absolute atomic E-state index is 11.4. The number of methoxy groups -OCH3 is 1. The fourth-order valence-electron chi connectivity index (χ4n) is 1.57. The zero-order valence-corrected chi connectivity index (χ0v) is 11.5. The first kappa shape index (κ1) is 12.0. The number of rotatable bonds is 4. The first-order valence-electron chi connectivity index (χ1n) is 5.14. The Morgan fingerprint density at radius 2 is 2.06 bits per heavy atom. The van der Waals surface area contributed by atoms with E-state index in [0.717, 1.165) is 12.8 Å². The van der Waals surface area contributed by atoms with Crippen LogP contribution in [0.1, 0.15) is 12.8 Å². The molecular weight excluding hydrogens is 291 g/mol. The predicted molar refractivity (Wildman–Crippen MR) is 65.4 cm³/mol. The molecule has 2 rings (SSSR count). The molecule has 0 radical (unpaired) electrons. The molecule has 1 atom stereocenters. The number of benzene rings is 1. The van der Waals surface area contributed by atoms with Gasteiger partial charge in [0.05, 0.1) is 0 Å². The summed E-state index contributed by atoms with van der Waals surface area (Å²) in [7, 11) is 1.39. The van der Waals surface area contributed by atoms with Gasteiger partial charge in [-0.25, -0.2) is 0 Å². The molecule has 1 aliphatic rings. The maximum atomic E-state index is 11.4.